The van der Waals surface area contributed by atoms with Crippen molar-refractivity contribution in [3.05, 3.63) is 29.3 Å². The zero-order valence-electron chi connectivity index (χ0n) is 14.8. The summed E-state index contributed by atoms with van der Waals surface area (Å²) >= 11 is 0. The Balaban J connectivity index is 1.67. The summed E-state index contributed by atoms with van der Waals surface area (Å²) in [6.07, 6.45) is 9.17. The standard InChI is InChI=1S/C21H29NO2/c1-22(14-15-4-5-15)11-10-20-8-2-3-9-21(20,24)19(22)12-16-6-7-17(23)13-18(16)20/h6-7,13,15,19,24H,2-5,8-12,14H2,1H3/p+1/t19?,20-,21?,22+/m1/s1. The third kappa shape index (κ3) is 1.86. The van der Waals surface area contributed by atoms with Crippen LogP contribution in [0.3, 0.4) is 0 Å². The molecule has 130 valence electrons. The number of likely N-dealkylation sites (N-methyl/N-ethyl adjacent to an activating group) is 1. The van der Waals surface area contributed by atoms with E-state index in [9.17, 15) is 10.2 Å². The number of phenols is 1. The third-order valence-corrected chi connectivity index (χ3v) is 7.99. The topological polar surface area (TPSA) is 40.5 Å². The highest BCUT2D eigenvalue weighted by Gasteiger charge is 2.68. The van der Waals surface area contributed by atoms with E-state index in [1.807, 2.05) is 12.1 Å². The summed E-state index contributed by atoms with van der Waals surface area (Å²) in [4.78, 5) is 0. The normalized spacial score (nSPS) is 43.8. The van der Waals surface area contributed by atoms with E-state index >= 15 is 0 Å². The molecular weight excluding hydrogens is 298 g/mol. The molecule has 2 saturated carbocycles. The van der Waals surface area contributed by atoms with Gasteiger partial charge < -0.3 is 14.7 Å². The van der Waals surface area contributed by atoms with Gasteiger partial charge in [0.05, 0.1) is 20.1 Å². The average Bonchev–Trinajstić information content (AvgIpc) is 3.35. The van der Waals surface area contributed by atoms with Gasteiger partial charge in [0, 0.05) is 24.2 Å². The van der Waals surface area contributed by atoms with Crippen molar-refractivity contribution in [3.8, 4) is 5.75 Å². The second-order valence-corrected chi connectivity index (χ2v) is 9.35. The van der Waals surface area contributed by atoms with Crippen molar-refractivity contribution in [1.29, 1.82) is 0 Å². The molecule has 3 nitrogen and oxygen atoms in total. The number of piperidine rings is 1. The fourth-order valence-corrected chi connectivity index (χ4v) is 6.62. The molecule has 2 N–H and O–H groups in total. The maximum Gasteiger partial charge on any atom is 0.126 e. The minimum absolute atomic E-state index is 0.121. The molecule has 3 aliphatic carbocycles. The number of hydrogen-bond acceptors (Lipinski definition) is 2. The molecule has 24 heavy (non-hydrogen) atoms. The van der Waals surface area contributed by atoms with Crippen LogP contribution in [0.2, 0.25) is 0 Å². The molecule has 0 radical (unpaired) electrons. The first-order chi connectivity index (χ1) is 11.5. The van der Waals surface area contributed by atoms with E-state index in [2.05, 4.69) is 13.1 Å². The van der Waals surface area contributed by atoms with Crippen LogP contribution in [-0.4, -0.2) is 46.5 Å². The summed E-state index contributed by atoms with van der Waals surface area (Å²) in [5.41, 5.74) is 1.93. The maximum atomic E-state index is 12.1. The molecule has 5 rings (SSSR count). The van der Waals surface area contributed by atoms with Gasteiger partial charge in [0.1, 0.15) is 17.4 Å². The van der Waals surface area contributed by atoms with E-state index in [4.69, 9.17) is 0 Å². The minimum atomic E-state index is -0.589. The van der Waals surface area contributed by atoms with Crippen LogP contribution in [0.4, 0.5) is 0 Å². The first kappa shape index (κ1) is 15.2. The van der Waals surface area contributed by atoms with Gasteiger partial charge in [0.25, 0.3) is 0 Å². The van der Waals surface area contributed by atoms with Crippen molar-refractivity contribution in [2.24, 2.45) is 5.92 Å². The Morgan fingerprint density at radius 3 is 2.75 bits per heavy atom. The Bertz CT molecular complexity index is 684. The third-order valence-electron chi connectivity index (χ3n) is 7.99. The van der Waals surface area contributed by atoms with Crippen LogP contribution in [0.25, 0.3) is 0 Å². The summed E-state index contributed by atoms with van der Waals surface area (Å²) in [6, 6.07) is 6.26. The van der Waals surface area contributed by atoms with Crippen LogP contribution in [-0.2, 0) is 11.8 Å². The molecule has 3 heteroatoms. The van der Waals surface area contributed by atoms with E-state index in [0.29, 0.717) is 11.8 Å². The molecule has 3 fully saturated rings. The molecule has 1 aromatic carbocycles. The van der Waals surface area contributed by atoms with Gasteiger partial charge in [-0.25, -0.2) is 0 Å². The van der Waals surface area contributed by atoms with Gasteiger partial charge in [0.2, 0.25) is 0 Å². The largest absolute Gasteiger partial charge is 0.508 e. The molecule has 0 amide bonds. The fourth-order valence-electron chi connectivity index (χ4n) is 6.62. The Kier molecular flexibility index (Phi) is 3.02. The van der Waals surface area contributed by atoms with Crippen LogP contribution in [0.5, 0.6) is 5.75 Å². The lowest BCUT2D eigenvalue weighted by molar-refractivity contribution is -0.950. The Labute approximate surface area is 144 Å². The van der Waals surface area contributed by atoms with Crippen molar-refractivity contribution < 1.29 is 14.7 Å². The second-order valence-electron chi connectivity index (χ2n) is 9.35. The van der Waals surface area contributed by atoms with Crippen LogP contribution in [0.15, 0.2) is 18.2 Å². The maximum absolute atomic E-state index is 12.1. The SMILES string of the molecule is C[N@@+]1(CC2CC2)CC[C@@]23CCCCC2(O)C1Cc1ccc(O)cc13. The van der Waals surface area contributed by atoms with Gasteiger partial charge in [-0.15, -0.1) is 0 Å². The van der Waals surface area contributed by atoms with Gasteiger partial charge in [0.15, 0.2) is 0 Å². The predicted octanol–water partition coefficient (Wildman–Crippen LogP) is 3.12. The molecule has 2 bridgehead atoms. The summed E-state index contributed by atoms with van der Waals surface area (Å²) < 4.78 is 1.06. The number of rotatable bonds is 2. The zero-order chi connectivity index (χ0) is 16.6. The van der Waals surface area contributed by atoms with E-state index in [1.54, 1.807) is 0 Å². The summed E-state index contributed by atoms with van der Waals surface area (Å²) in [5, 5.41) is 22.2. The number of fused-ring (bicyclic) bond motifs is 1. The molecule has 1 heterocycles. The number of hydrogen-bond donors (Lipinski definition) is 2. The van der Waals surface area contributed by atoms with Crippen molar-refractivity contribution in [2.75, 3.05) is 20.1 Å². The number of likely N-dealkylation sites (tertiary alicyclic amines) is 1. The number of aromatic hydroxyl groups is 1. The van der Waals surface area contributed by atoms with Crippen molar-refractivity contribution in [2.45, 2.75) is 68.4 Å². The number of phenolic OH excluding ortho intramolecular Hbond substituents is 1. The Hall–Kier alpha value is -1.06. The van der Waals surface area contributed by atoms with Crippen LogP contribution >= 0.6 is 0 Å². The molecule has 0 spiro atoms. The molecule has 4 aliphatic rings. The molecule has 0 aromatic heterocycles. The average molecular weight is 328 g/mol. The van der Waals surface area contributed by atoms with Crippen LogP contribution in [0, 0.1) is 5.92 Å². The molecule has 4 atom stereocenters. The summed E-state index contributed by atoms with van der Waals surface area (Å²) in [5.74, 6) is 1.24. The molecule has 1 aromatic rings. The van der Waals surface area contributed by atoms with Crippen LogP contribution in [0.1, 0.15) is 56.1 Å². The quantitative estimate of drug-likeness (QED) is 0.819. The van der Waals surface area contributed by atoms with Gasteiger partial charge in [-0.1, -0.05) is 18.9 Å². The van der Waals surface area contributed by atoms with E-state index in [1.165, 1.54) is 43.5 Å². The Morgan fingerprint density at radius 1 is 1.17 bits per heavy atom. The molecule has 1 aliphatic heterocycles. The van der Waals surface area contributed by atoms with E-state index in [-0.39, 0.29) is 5.41 Å². The van der Waals surface area contributed by atoms with Gasteiger partial charge in [-0.3, -0.25) is 0 Å². The lowest BCUT2D eigenvalue weighted by Gasteiger charge is -2.65. The van der Waals surface area contributed by atoms with Crippen molar-refractivity contribution in [3.63, 3.8) is 0 Å². The first-order valence-corrected chi connectivity index (χ1v) is 9.86. The first-order valence-electron chi connectivity index (χ1n) is 9.86. The minimum Gasteiger partial charge on any atom is -0.508 e. The number of quaternary nitrogens is 1. The molecule has 2 unspecified atom stereocenters. The number of nitrogens with zero attached hydrogens (tertiary/aromatic N) is 1. The highest BCUT2D eigenvalue weighted by atomic mass is 16.3. The number of aliphatic hydroxyl groups is 1. The lowest BCUT2D eigenvalue weighted by atomic mass is 9.49. The number of benzene rings is 1. The van der Waals surface area contributed by atoms with Crippen molar-refractivity contribution >= 4 is 0 Å². The fraction of sp³-hybridized carbons (Fsp3) is 0.714. The smallest absolute Gasteiger partial charge is 0.126 e. The molecular formula is C21H30NO2+. The highest BCUT2D eigenvalue weighted by molar-refractivity contribution is 5.47. The second kappa shape index (κ2) is 4.76. The van der Waals surface area contributed by atoms with Crippen molar-refractivity contribution in [1.82, 2.24) is 0 Å². The van der Waals surface area contributed by atoms with Gasteiger partial charge >= 0.3 is 0 Å². The summed E-state index contributed by atoms with van der Waals surface area (Å²) in [7, 11) is 2.41. The zero-order valence-corrected chi connectivity index (χ0v) is 14.8. The predicted molar refractivity (Wildman–Crippen MR) is 94.0 cm³/mol. The summed E-state index contributed by atoms with van der Waals surface area (Å²) in [6.45, 7) is 2.43. The lowest BCUT2D eigenvalue weighted by Crippen LogP contribution is -2.77. The van der Waals surface area contributed by atoms with E-state index in [0.717, 1.165) is 42.5 Å². The molecule has 1 saturated heterocycles. The van der Waals surface area contributed by atoms with Gasteiger partial charge in [-0.2, -0.15) is 0 Å². The highest BCUT2D eigenvalue weighted by Crippen LogP contribution is 2.60. The Morgan fingerprint density at radius 2 is 1.96 bits per heavy atom. The van der Waals surface area contributed by atoms with Crippen LogP contribution < -0.4 is 0 Å². The van der Waals surface area contributed by atoms with E-state index < -0.39 is 5.60 Å². The van der Waals surface area contributed by atoms with Gasteiger partial charge in [-0.05, 0) is 48.9 Å². The monoisotopic (exact) mass is 328 g/mol.